The summed E-state index contributed by atoms with van der Waals surface area (Å²) in [6.45, 7) is 0. The third-order valence-electron chi connectivity index (χ3n) is 2.50. The van der Waals surface area contributed by atoms with Crippen LogP contribution in [0.5, 0.6) is 0 Å². The maximum absolute atomic E-state index is 11.5. The van der Waals surface area contributed by atoms with Gasteiger partial charge < -0.3 is 5.21 Å². The molecule has 0 spiro atoms. The number of nitrogens with zero attached hydrogens (tertiary/aromatic N) is 1. The van der Waals surface area contributed by atoms with E-state index in [0.29, 0.717) is 0 Å². The molecule has 0 unspecified atom stereocenters. The summed E-state index contributed by atoms with van der Waals surface area (Å²) in [6, 6.07) is 9.22. The van der Waals surface area contributed by atoms with E-state index >= 15 is 0 Å². The smallest absolute Gasteiger partial charge is 0.271 e. The molecule has 0 bridgehead atoms. The third-order valence-corrected chi connectivity index (χ3v) is 6.14. The molecule has 19 heavy (non-hydrogen) atoms. The molecule has 0 radical (unpaired) electrons. The van der Waals surface area contributed by atoms with Gasteiger partial charge in [0.2, 0.25) is 0 Å². The summed E-state index contributed by atoms with van der Waals surface area (Å²) < 4.78 is 24.0. The lowest BCUT2D eigenvalue weighted by molar-refractivity contribution is 0.243. The first kappa shape index (κ1) is 12.7. The molecule has 2 aromatic heterocycles. The van der Waals surface area contributed by atoms with Crippen molar-refractivity contribution in [2.24, 2.45) is 0 Å². The highest BCUT2D eigenvalue weighted by atomic mass is 32.2. The van der Waals surface area contributed by atoms with Crippen LogP contribution in [0, 0.1) is 0 Å². The Balaban J connectivity index is 2.08. The molecule has 1 aromatic carbocycles. The van der Waals surface area contributed by atoms with E-state index in [0.717, 1.165) is 32.1 Å². The predicted molar refractivity (Wildman–Crippen MR) is 75.0 cm³/mol. The van der Waals surface area contributed by atoms with Crippen LogP contribution in [0.1, 0.15) is 0 Å². The number of hydrogen-bond donors (Lipinski definition) is 2. The standard InChI is InChI=1S/C11H8N2O3S3/c14-13-19(15,16)10-5-7(6-17-10)11-12-8-3-1-2-4-9(8)18-11/h1-6,13-14H. The molecule has 2 heterocycles. The monoisotopic (exact) mass is 312 g/mol. The van der Waals surface area contributed by atoms with E-state index in [9.17, 15) is 8.42 Å². The first-order chi connectivity index (χ1) is 9.10. The summed E-state index contributed by atoms with van der Waals surface area (Å²) in [5.74, 6) is 0. The molecule has 0 amide bonds. The lowest BCUT2D eigenvalue weighted by atomic mass is 10.3. The Morgan fingerprint density at radius 3 is 2.79 bits per heavy atom. The molecule has 0 aliphatic rings. The Bertz CT molecular complexity index is 803. The molecule has 3 rings (SSSR count). The van der Waals surface area contributed by atoms with Crippen LogP contribution in [0.25, 0.3) is 20.8 Å². The molecule has 98 valence electrons. The third kappa shape index (κ3) is 2.28. The molecular formula is C11H8N2O3S3. The van der Waals surface area contributed by atoms with Crippen molar-refractivity contribution in [2.75, 3.05) is 0 Å². The van der Waals surface area contributed by atoms with Crippen molar-refractivity contribution in [3.05, 3.63) is 35.7 Å². The Hall–Kier alpha value is -1.32. The van der Waals surface area contributed by atoms with E-state index in [1.165, 1.54) is 22.3 Å². The van der Waals surface area contributed by atoms with E-state index in [1.54, 1.807) is 5.38 Å². The molecule has 0 aliphatic heterocycles. The normalized spacial score (nSPS) is 12.1. The number of fused-ring (bicyclic) bond motifs is 1. The zero-order valence-electron chi connectivity index (χ0n) is 9.40. The van der Waals surface area contributed by atoms with Gasteiger partial charge in [0.15, 0.2) is 0 Å². The Morgan fingerprint density at radius 1 is 1.26 bits per heavy atom. The summed E-state index contributed by atoms with van der Waals surface area (Å²) in [5.41, 5.74) is 1.62. The number of hydrogen-bond acceptors (Lipinski definition) is 6. The van der Waals surface area contributed by atoms with Crippen molar-refractivity contribution in [1.82, 2.24) is 9.87 Å². The van der Waals surface area contributed by atoms with Crippen molar-refractivity contribution in [3.63, 3.8) is 0 Å². The van der Waals surface area contributed by atoms with Crippen LogP contribution in [-0.4, -0.2) is 18.6 Å². The molecule has 5 nitrogen and oxygen atoms in total. The van der Waals surface area contributed by atoms with E-state index in [-0.39, 0.29) is 4.21 Å². The fourth-order valence-corrected chi connectivity index (χ4v) is 4.39. The maximum atomic E-state index is 11.5. The van der Waals surface area contributed by atoms with Gasteiger partial charge in [0, 0.05) is 10.9 Å². The highest BCUT2D eigenvalue weighted by Gasteiger charge is 2.17. The summed E-state index contributed by atoms with van der Waals surface area (Å²) in [4.78, 5) is 5.77. The Kier molecular flexibility index (Phi) is 3.11. The minimum atomic E-state index is -3.81. The first-order valence-corrected chi connectivity index (χ1v) is 8.38. The van der Waals surface area contributed by atoms with Crippen molar-refractivity contribution in [3.8, 4) is 10.6 Å². The minimum absolute atomic E-state index is 0.0595. The number of sulfonamides is 1. The fraction of sp³-hybridized carbons (Fsp3) is 0. The lowest BCUT2D eigenvalue weighted by Crippen LogP contribution is -2.17. The summed E-state index contributed by atoms with van der Waals surface area (Å²) in [7, 11) is -3.81. The zero-order chi connectivity index (χ0) is 13.5. The molecule has 0 fully saturated rings. The Morgan fingerprint density at radius 2 is 2.05 bits per heavy atom. The summed E-state index contributed by atoms with van der Waals surface area (Å²) in [5, 5.41) is 11.1. The van der Waals surface area contributed by atoms with Gasteiger partial charge in [0.1, 0.15) is 9.22 Å². The van der Waals surface area contributed by atoms with E-state index in [1.807, 2.05) is 24.3 Å². The number of thiophene rings is 1. The van der Waals surface area contributed by atoms with Gasteiger partial charge >= 0.3 is 0 Å². The van der Waals surface area contributed by atoms with Crippen LogP contribution in [0.2, 0.25) is 0 Å². The largest absolute Gasteiger partial charge is 0.302 e. The average Bonchev–Trinajstić information content (AvgIpc) is 3.05. The topological polar surface area (TPSA) is 79.3 Å². The van der Waals surface area contributed by atoms with Crippen molar-refractivity contribution in [2.45, 2.75) is 4.21 Å². The lowest BCUT2D eigenvalue weighted by Gasteiger charge is -1.94. The van der Waals surface area contributed by atoms with E-state index in [2.05, 4.69) is 4.98 Å². The minimum Gasteiger partial charge on any atom is -0.302 e. The SMILES string of the molecule is O=S(=O)(NO)c1cc(-c2nc3ccccc3s2)cs1. The van der Waals surface area contributed by atoms with Crippen LogP contribution >= 0.6 is 22.7 Å². The molecule has 0 saturated carbocycles. The molecular weight excluding hydrogens is 304 g/mol. The van der Waals surface area contributed by atoms with Gasteiger partial charge in [0.25, 0.3) is 10.0 Å². The van der Waals surface area contributed by atoms with Gasteiger partial charge in [0.05, 0.1) is 10.2 Å². The van der Waals surface area contributed by atoms with Crippen LogP contribution in [0.4, 0.5) is 0 Å². The van der Waals surface area contributed by atoms with Gasteiger partial charge in [-0.3, -0.25) is 0 Å². The first-order valence-electron chi connectivity index (χ1n) is 5.20. The second kappa shape index (κ2) is 4.66. The molecule has 0 aliphatic carbocycles. The molecule has 0 atom stereocenters. The second-order valence-electron chi connectivity index (χ2n) is 3.74. The molecule has 8 heteroatoms. The van der Waals surface area contributed by atoms with Crippen LogP contribution in [0.15, 0.2) is 39.9 Å². The highest BCUT2D eigenvalue weighted by Crippen LogP contribution is 2.33. The number of benzene rings is 1. The summed E-state index contributed by atoms with van der Waals surface area (Å²) in [6.07, 6.45) is 0. The van der Waals surface area contributed by atoms with Crippen LogP contribution < -0.4 is 4.89 Å². The predicted octanol–water partition coefficient (Wildman–Crippen LogP) is 2.69. The highest BCUT2D eigenvalue weighted by molar-refractivity contribution is 7.91. The quantitative estimate of drug-likeness (QED) is 0.729. The molecule has 3 aromatic rings. The van der Waals surface area contributed by atoms with Gasteiger partial charge in [-0.05, 0) is 18.2 Å². The van der Waals surface area contributed by atoms with E-state index < -0.39 is 10.0 Å². The number of rotatable bonds is 3. The number of thiazole rings is 1. The van der Waals surface area contributed by atoms with Gasteiger partial charge in [-0.25, -0.2) is 13.4 Å². The number of nitrogens with one attached hydrogen (secondary N) is 1. The fourth-order valence-electron chi connectivity index (χ4n) is 1.61. The van der Waals surface area contributed by atoms with Crippen molar-refractivity contribution < 1.29 is 13.6 Å². The van der Waals surface area contributed by atoms with E-state index in [4.69, 9.17) is 5.21 Å². The number of para-hydroxylation sites is 1. The van der Waals surface area contributed by atoms with Crippen molar-refractivity contribution >= 4 is 42.9 Å². The summed E-state index contributed by atoms with van der Waals surface area (Å²) >= 11 is 2.54. The number of aromatic nitrogens is 1. The molecule has 2 N–H and O–H groups in total. The van der Waals surface area contributed by atoms with Crippen molar-refractivity contribution in [1.29, 1.82) is 0 Å². The average molecular weight is 312 g/mol. The molecule has 0 saturated heterocycles. The zero-order valence-corrected chi connectivity index (χ0v) is 11.8. The van der Waals surface area contributed by atoms with Crippen LogP contribution in [-0.2, 0) is 10.0 Å². The van der Waals surface area contributed by atoms with Gasteiger partial charge in [-0.15, -0.1) is 22.7 Å². The van der Waals surface area contributed by atoms with Gasteiger partial charge in [-0.2, -0.15) is 0 Å². The second-order valence-corrected chi connectivity index (χ2v) is 7.57. The maximum Gasteiger partial charge on any atom is 0.271 e. The van der Waals surface area contributed by atoms with Crippen LogP contribution in [0.3, 0.4) is 0 Å². The van der Waals surface area contributed by atoms with Gasteiger partial charge in [-0.1, -0.05) is 17.0 Å². The Labute approximate surface area is 117 Å².